The zero-order valence-electron chi connectivity index (χ0n) is 63.6. The molecule has 2 aromatic rings. The predicted octanol–water partition coefficient (Wildman–Crippen LogP) is -3.95. The SMILES string of the molecule is CC(C)C[C@@H]1NC(=O)[C@H](CCC(N)=O)NC(=O)[C@H](CCCN=C(N)N)NC(=O)[C@H](NC(=O)[C@H](C)N)CSCc2cc3cc(c2)CSC[C@H](C(=O)NCC(N)=O)NC(=O)[C@H](C(C)C)NC(=O)[C@H](Cc2ccc(O)cc2)NC(=O)[C@H](CCC(=O)O)NC(=O)[C@H](C)NC(=O)[C@H](CSC3)NC(=O)[C@@H]2CCCN2C(=O)[C@@H]2CCCN2C1=O. The van der Waals surface area contributed by atoms with Crippen LogP contribution in [0.25, 0.3) is 0 Å². The average molecular weight is 1620 g/mol. The highest BCUT2D eigenvalue weighted by atomic mass is 32.2. The summed E-state index contributed by atoms with van der Waals surface area (Å²) in [7, 11) is 0. The normalized spacial score (nSPS) is 25.3. The van der Waals surface area contributed by atoms with Crippen molar-refractivity contribution in [2.45, 2.75) is 214 Å². The van der Waals surface area contributed by atoms with Crippen molar-refractivity contribution in [3.8, 4) is 5.75 Å². The monoisotopic (exact) mass is 1620 g/mol. The minimum atomic E-state index is -1.71. The Morgan fingerprint density at radius 2 is 1.10 bits per heavy atom. The first-order valence-corrected chi connectivity index (χ1v) is 40.6. The number of carbonyl (C=O) groups excluding carboxylic acids is 15. The van der Waals surface area contributed by atoms with Crippen LogP contribution in [0.5, 0.6) is 5.75 Å². The number of amides is 15. The lowest BCUT2D eigenvalue weighted by Gasteiger charge is -2.34. The van der Waals surface area contributed by atoms with Crippen molar-refractivity contribution in [2.24, 2.45) is 45.5 Å². The van der Waals surface area contributed by atoms with Gasteiger partial charge in [0.05, 0.1) is 12.6 Å². The maximum Gasteiger partial charge on any atom is 0.303 e. The van der Waals surface area contributed by atoms with E-state index in [4.69, 9.17) is 28.7 Å². The zero-order valence-corrected chi connectivity index (χ0v) is 66.1. The van der Waals surface area contributed by atoms with Gasteiger partial charge in [-0.05, 0) is 118 Å². The van der Waals surface area contributed by atoms with Gasteiger partial charge in [-0.1, -0.05) is 58.0 Å². The minimum Gasteiger partial charge on any atom is -0.508 e. The molecule has 4 heterocycles. The molecule has 4 aliphatic rings. The average Bonchev–Trinajstić information content (AvgIpc) is 1.62. The Kier molecular flexibility index (Phi) is 36.0. The van der Waals surface area contributed by atoms with Crippen LogP contribution in [0.15, 0.2) is 47.5 Å². The van der Waals surface area contributed by atoms with Gasteiger partial charge in [0.2, 0.25) is 88.6 Å². The quantitative estimate of drug-likeness (QED) is 0.0342. The Balaban J connectivity index is 1.50. The number of hydrogen-bond acceptors (Lipinski definition) is 22. The number of guanidine groups is 1. The Hall–Kier alpha value is -9.96. The number of nitrogens with two attached hydrogens (primary N) is 5. The van der Waals surface area contributed by atoms with Crippen molar-refractivity contribution in [1.82, 2.24) is 68.3 Å². The van der Waals surface area contributed by atoms with Gasteiger partial charge < -0.3 is 107 Å². The molecule has 0 aliphatic carbocycles. The van der Waals surface area contributed by atoms with Crippen LogP contribution in [-0.2, 0) is 100 Å². The van der Waals surface area contributed by atoms with Crippen molar-refractivity contribution in [2.75, 3.05) is 43.4 Å². The van der Waals surface area contributed by atoms with Crippen LogP contribution in [0.4, 0.5) is 0 Å². The number of phenols is 1. The molecule has 4 bridgehead atoms. The fourth-order valence-corrected chi connectivity index (χ4v) is 15.8. The fraction of sp³-hybridized carbons (Fsp3) is 0.597. The lowest BCUT2D eigenvalue weighted by atomic mass is 10.00. The topological polar surface area (TPSA) is 595 Å². The summed E-state index contributed by atoms with van der Waals surface area (Å²) in [6, 6.07) is -7.49. The summed E-state index contributed by atoms with van der Waals surface area (Å²) in [5.41, 5.74) is 30.5. The molecule has 2 fully saturated rings. The molecule has 0 aromatic heterocycles. The van der Waals surface area contributed by atoms with Gasteiger partial charge in [-0.2, -0.15) is 35.3 Å². The molecule has 0 spiro atoms. The lowest BCUT2D eigenvalue weighted by Crippen LogP contribution is -2.61. The molecule has 13 atom stereocenters. The number of carbonyl (C=O) groups is 16. The fourth-order valence-electron chi connectivity index (χ4n) is 12.8. The molecule has 37 nitrogen and oxygen atoms in total. The molecule has 0 unspecified atom stereocenters. The summed E-state index contributed by atoms with van der Waals surface area (Å²) >= 11 is 3.47. The Labute approximate surface area is 661 Å². The van der Waals surface area contributed by atoms with Crippen LogP contribution in [0.2, 0.25) is 0 Å². The molecular weight excluding hydrogens is 1520 g/mol. The molecule has 15 amide bonds. The van der Waals surface area contributed by atoms with Crippen molar-refractivity contribution in [3.63, 3.8) is 0 Å². The molecule has 6 rings (SSSR count). The summed E-state index contributed by atoms with van der Waals surface area (Å²) in [4.78, 5) is 233. The van der Waals surface area contributed by atoms with Gasteiger partial charge >= 0.3 is 5.97 Å². The maximum absolute atomic E-state index is 15.1. The number of phenolic OH excluding ortho intramolecular Hbond substituents is 1. The lowest BCUT2D eigenvalue weighted by molar-refractivity contribution is -0.148. The molecule has 0 radical (unpaired) electrons. The number of carboxylic acids is 1. The van der Waals surface area contributed by atoms with Gasteiger partial charge in [0.1, 0.15) is 78.3 Å². The summed E-state index contributed by atoms with van der Waals surface area (Å²) in [5.74, 6) is -16.0. The number of primary amides is 2. The number of carboxylic acid groups (broad SMARTS) is 1. The highest BCUT2D eigenvalue weighted by Gasteiger charge is 2.45. The molecule has 40 heteroatoms. The van der Waals surface area contributed by atoms with E-state index >= 15 is 9.59 Å². The number of aromatic hydroxyl groups is 1. The van der Waals surface area contributed by atoms with Crippen LogP contribution >= 0.6 is 35.3 Å². The van der Waals surface area contributed by atoms with E-state index in [0.717, 1.165) is 35.3 Å². The van der Waals surface area contributed by atoms with E-state index in [1.165, 1.54) is 47.9 Å². The number of hydrogen-bond donors (Lipinski definition) is 18. The van der Waals surface area contributed by atoms with E-state index in [2.05, 4.69) is 63.5 Å². The third-order valence-corrected chi connectivity index (χ3v) is 22.0. The zero-order chi connectivity index (χ0) is 82.6. The van der Waals surface area contributed by atoms with Crippen LogP contribution < -0.4 is 87.2 Å². The molecule has 4 aliphatic heterocycles. The number of fused-ring (bicyclic) bond motifs is 7. The number of benzene rings is 2. The molecule has 2 saturated heterocycles. The van der Waals surface area contributed by atoms with Gasteiger partial charge in [-0.3, -0.25) is 81.7 Å². The first kappa shape index (κ1) is 90.9. The number of rotatable bonds is 20. The molecule has 112 heavy (non-hydrogen) atoms. The maximum atomic E-state index is 15.1. The van der Waals surface area contributed by atoms with Gasteiger partial charge in [0.15, 0.2) is 5.96 Å². The Morgan fingerprint density at radius 3 is 1.66 bits per heavy atom. The van der Waals surface area contributed by atoms with E-state index in [1.807, 2.05) is 18.2 Å². The third-order valence-electron chi connectivity index (χ3n) is 18.7. The number of nitrogens with one attached hydrogen (secondary N) is 11. The van der Waals surface area contributed by atoms with Gasteiger partial charge in [0, 0.05) is 73.4 Å². The second-order valence-corrected chi connectivity index (χ2v) is 32.0. The van der Waals surface area contributed by atoms with Crippen molar-refractivity contribution >= 4 is 136 Å². The van der Waals surface area contributed by atoms with E-state index in [9.17, 15) is 77.3 Å². The highest BCUT2D eigenvalue weighted by Crippen LogP contribution is 2.29. The first-order valence-electron chi connectivity index (χ1n) is 37.1. The Bertz CT molecular complexity index is 3780. The predicted molar refractivity (Wildman–Crippen MR) is 417 cm³/mol. The smallest absolute Gasteiger partial charge is 0.303 e. The molecule has 616 valence electrons. The Morgan fingerprint density at radius 1 is 0.571 bits per heavy atom. The molecular formula is C72H107N19O18S3. The van der Waals surface area contributed by atoms with E-state index < -0.39 is 205 Å². The standard InChI is InChI=1S/C72H107N19O18S3/c1-36(2)24-49-70(108)91-23-9-12-54(91)71(109)90-22-8-11-53(90)68(106)87-51-34-111-31-42-25-41(26-43(27-42)32-112-35-52(86-59(97)38(5)73)67(105)82-45(10-7-21-78-72(76)77)62(100)83-46(64(102)85-49)17-19-55(74)93)30-110-33-50(61(99)79-29-56(75)94)88-69(107)58(37(3)4)89-65(103)48(28-40-13-15-44(92)16-14-40)84-63(101)47(18-20-57(95)96)81-60(98)39(6)80-66(51)104/h13-16,25-27,36-39,45-54,58,92H,7-12,17-24,28-35,73H2,1-6H3,(H2,74,93)(H2,75,94)(H,79,99)(H,80,104)(H,81,98)(H,82,105)(H,83,100)(H,84,101)(H,85,102)(H,86,97)(H,87,106)(H,88,107)(H,89,103)(H,95,96)(H4,76,77,78)/t38-,39-,45-,46-,47-,48-,49-,50+,51-,52+,53-,54-,58-/m0/s1. The van der Waals surface area contributed by atoms with Crippen molar-refractivity contribution in [3.05, 3.63) is 64.7 Å². The first-order chi connectivity index (χ1) is 53.0. The number of aliphatic carboxylic acids is 1. The van der Waals surface area contributed by atoms with Crippen LogP contribution in [0.3, 0.4) is 0 Å². The van der Waals surface area contributed by atoms with E-state index in [1.54, 1.807) is 27.7 Å². The number of thioether (sulfide) groups is 3. The van der Waals surface area contributed by atoms with E-state index in [-0.39, 0.29) is 117 Å². The summed E-state index contributed by atoms with van der Waals surface area (Å²) in [6.45, 7) is 8.84. The largest absolute Gasteiger partial charge is 0.508 e. The summed E-state index contributed by atoms with van der Waals surface area (Å²) in [5, 5.41) is 49.0. The summed E-state index contributed by atoms with van der Waals surface area (Å²) < 4.78 is 0. The van der Waals surface area contributed by atoms with Crippen molar-refractivity contribution < 1.29 is 86.9 Å². The molecule has 23 N–H and O–H groups in total. The van der Waals surface area contributed by atoms with Crippen LogP contribution in [0.1, 0.15) is 134 Å². The van der Waals surface area contributed by atoms with Gasteiger partial charge in [-0.15, -0.1) is 0 Å². The second-order valence-electron chi connectivity index (χ2n) is 28.9. The van der Waals surface area contributed by atoms with Crippen LogP contribution in [-0.4, -0.2) is 243 Å². The molecule has 0 saturated carbocycles. The number of aliphatic imine (C=N–C) groups is 1. The summed E-state index contributed by atoms with van der Waals surface area (Å²) in [6.07, 6.45) is -1.55. The number of nitrogens with zero attached hydrogens (tertiary/aromatic N) is 3. The van der Waals surface area contributed by atoms with E-state index in [0.29, 0.717) is 35.1 Å². The van der Waals surface area contributed by atoms with Crippen LogP contribution in [0, 0.1) is 11.8 Å². The highest BCUT2D eigenvalue weighted by molar-refractivity contribution is 7.99. The molecule has 2 aromatic carbocycles. The van der Waals surface area contributed by atoms with Gasteiger partial charge in [0.25, 0.3) is 0 Å². The second kappa shape index (κ2) is 44.3. The third kappa shape index (κ3) is 29.0. The van der Waals surface area contributed by atoms with Crippen molar-refractivity contribution in [1.29, 1.82) is 0 Å². The minimum absolute atomic E-state index is 0.0185. The van der Waals surface area contributed by atoms with Gasteiger partial charge in [-0.25, -0.2) is 0 Å².